The Morgan fingerprint density at radius 1 is 1.18 bits per heavy atom. The van der Waals surface area contributed by atoms with Gasteiger partial charge in [-0.15, -0.1) is 0 Å². The highest BCUT2D eigenvalue weighted by Gasteiger charge is 2.27. The number of hydrogen-bond acceptors (Lipinski definition) is 4. The number of fused-ring (bicyclic) bond motifs is 1. The summed E-state index contributed by atoms with van der Waals surface area (Å²) in [5.41, 5.74) is -0.468. The van der Waals surface area contributed by atoms with Crippen LogP contribution in [0, 0.1) is 23.3 Å². The summed E-state index contributed by atoms with van der Waals surface area (Å²) in [6.07, 6.45) is 0.822. The second-order valence-electron chi connectivity index (χ2n) is 4.17. The van der Waals surface area contributed by atoms with E-state index in [0.717, 1.165) is 6.20 Å². The first-order valence-corrected chi connectivity index (χ1v) is 6.11. The number of nitrogens with one attached hydrogen (secondary N) is 1. The zero-order valence-electron chi connectivity index (χ0n) is 11.5. The number of carbonyl (C=O) groups is 1. The minimum Gasteiger partial charge on any atom is -0.462 e. The molecule has 0 bridgehead atoms. The van der Waals surface area contributed by atoms with E-state index in [-0.39, 0.29) is 6.61 Å². The molecule has 1 N–H and O–H groups in total. The smallest absolute Gasteiger partial charge is 0.343 e. The molecule has 2 rings (SSSR count). The molecule has 1 aromatic carbocycles. The van der Waals surface area contributed by atoms with Gasteiger partial charge in [-0.2, -0.15) is 0 Å². The van der Waals surface area contributed by atoms with E-state index in [2.05, 4.69) is 10.2 Å². The molecule has 0 amide bonds. The molecule has 0 saturated carbocycles. The number of aromatic nitrogens is 1. The molecule has 0 aliphatic rings. The highest BCUT2D eigenvalue weighted by atomic mass is 19.2. The summed E-state index contributed by atoms with van der Waals surface area (Å²) in [6.45, 7) is 1.41. The summed E-state index contributed by atoms with van der Waals surface area (Å²) >= 11 is 0. The fourth-order valence-electron chi connectivity index (χ4n) is 1.97. The monoisotopic (exact) mass is 318 g/mol. The Kier molecular flexibility index (Phi) is 4.07. The van der Waals surface area contributed by atoms with Gasteiger partial charge < -0.3 is 10.2 Å². The molecular weight excluding hydrogens is 308 g/mol. The van der Waals surface area contributed by atoms with Crippen LogP contribution in [0.5, 0.6) is 0 Å². The Morgan fingerprint density at radius 3 is 2.32 bits per heavy atom. The van der Waals surface area contributed by atoms with Crippen molar-refractivity contribution in [2.24, 2.45) is 0 Å². The van der Waals surface area contributed by atoms with Crippen LogP contribution in [-0.4, -0.2) is 24.3 Å². The van der Waals surface area contributed by atoms with E-state index in [1.165, 1.54) is 14.0 Å². The summed E-state index contributed by atoms with van der Waals surface area (Å²) in [5, 5.41) is -1.09. The molecule has 22 heavy (non-hydrogen) atoms. The number of rotatable bonds is 3. The molecule has 0 fully saturated rings. The third-order valence-electron chi connectivity index (χ3n) is 2.95. The lowest BCUT2D eigenvalue weighted by Gasteiger charge is -2.14. The number of benzene rings is 1. The molecule has 5 nitrogen and oxygen atoms in total. The van der Waals surface area contributed by atoms with Gasteiger partial charge in [-0.3, -0.25) is 9.47 Å². The van der Waals surface area contributed by atoms with Gasteiger partial charge in [-0.05, 0) is 6.92 Å². The fraction of sp³-hybridized carbons (Fsp3) is 0.231. The number of hydrogen-bond donors (Lipinski definition) is 1. The van der Waals surface area contributed by atoms with E-state index in [0.29, 0.717) is 4.68 Å². The van der Waals surface area contributed by atoms with Crippen LogP contribution in [0.25, 0.3) is 10.9 Å². The lowest BCUT2D eigenvalue weighted by atomic mass is 10.1. The second kappa shape index (κ2) is 5.66. The number of halogens is 4. The van der Waals surface area contributed by atoms with Crippen LogP contribution in [0.1, 0.15) is 17.3 Å². The van der Waals surface area contributed by atoms with Gasteiger partial charge in [-0.1, -0.05) is 0 Å². The standard InChI is InChI=1S/C13H10F4N2O3/c1-3-22-13(21)5-4-19(18-2)11-6(12(5)20)7(14)8(15)9(16)10(11)17/h4,18H,3H2,1-2H3. The lowest BCUT2D eigenvalue weighted by Crippen LogP contribution is -2.25. The SMILES string of the molecule is CCOC(=O)c1cn(NC)c2c(F)c(F)c(F)c(F)c2c1=O. The van der Waals surface area contributed by atoms with Gasteiger partial charge in [0, 0.05) is 13.2 Å². The Balaban J connectivity index is 3.01. The van der Waals surface area contributed by atoms with Crippen LogP contribution >= 0.6 is 0 Å². The van der Waals surface area contributed by atoms with Gasteiger partial charge >= 0.3 is 5.97 Å². The van der Waals surface area contributed by atoms with Crippen LogP contribution in [-0.2, 0) is 4.74 Å². The first-order valence-electron chi connectivity index (χ1n) is 6.11. The van der Waals surface area contributed by atoms with E-state index in [4.69, 9.17) is 0 Å². The van der Waals surface area contributed by atoms with Crippen LogP contribution in [0.3, 0.4) is 0 Å². The predicted molar refractivity (Wildman–Crippen MR) is 69.3 cm³/mol. The number of esters is 1. The van der Waals surface area contributed by atoms with E-state index < -0.39 is 51.1 Å². The minimum atomic E-state index is -2.13. The summed E-state index contributed by atoms with van der Waals surface area (Å²) < 4.78 is 59.7. The van der Waals surface area contributed by atoms with Crippen LogP contribution in [0.2, 0.25) is 0 Å². The zero-order valence-corrected chi connectivity index (χ0v) is 11.5. The first kappa shape index (κ1) is 15.8. The molecule has 1 heterocycles. The third kappa shape index (κ3) is 2.18. The number of carbonyl (C=O) groups excluding carboxylic acids is 1. The average molecular weight is 318 g/mol. The summed E-state index contributed by atoms with van der Waals surface area (Å²) in [7, 11) is 1.25. The van der Waals surface area contributed by atoms with Gasteiger partial charge in [-0.25, -0.2) is 22.4 Å². The zero-order chi connectivity index (χ0) is 16.6. The molecule has 1 aromatic heterocycles. The Hall–Kier alpha value is -2.58. The van der Waals surface area contributed by atoms with Gasteiger partial charge in [0.2, 0.25) is 5.43 Å². The van der Waals surface area contributed by atoms with E-state index in [1.807, 2.05) is 0 Å². The summed E-state index contributed by atoms with van der Waals surface area (Å²) in [6, 6.07) is 0. The van der Waals surface area contributed by atoms with E-state index in [1.54, 1.807) is 0 Å². The molecular formula is C13H10F4N2O3. The maximum Gasteiger partial charge on any atom is 0.343 e. The Bertz CT molecular complexity index is 833. The molecule has 0 radical (unpaired) electrons. The van der Waals surface area contributed by atoms with Crippen molar-refractivity contribution in [3.8, 4) is 0 Å². The molecule has 0 spiro atoms. The summed E-state index contributed by atoms with van der Waals surface area (Å²) in [4.78, 5) is 23.8. The fourth-order valence-corrected chi connectivity index (χ4v) is 1.97. The molecule has 0 unspecified atom stereocenters. The molecule has 2 aromatic rings. The van der Waals surface area contributed by atoms with E-state index >= 15 is 0 Å². The molecule has 0 saturated heterocycles. The molecule has 118 valence electrons. The lowest BCUT2D eigenvalue weighted by molar-refractivity contribution is 0.0524. The van der Waals surface area contributed by atoms with Gasteiger partial charge in [0.05, 0.1) is 12.0 Å². The van der Waals surface area contributed by atoms with Crippen LogP contribution in [0.15, 0.2) is 11.0 Å². The van der Waals surface area contributed by atoms with Crippen molar-refractivity contribution in [3.05, 3.63) is 45.3 Å². The van der Waals surface area contributed by atoms with Crippen molar-refractivity contribution >= 4 is 16.9 Å². The number of ether oxygens (including phenoxy) is 1. The van der Waals surface area contributed by atoms with Crippen molar-refractivity contribution in [2.45, 2.75) is 6.92 Å². The Labute approximate surface area is 121 Å². The van der Waals surface area contributed by atoms with Crippen molar-refractivity contribution in [2.75, 3.05) is 19.1 Å². The summed E-state index contributed by atoms with van der Waals surface area (Å²) in [5.74, 6) is -8.92. The normalized spacial score (nSPS) is 10.8. The van der Waals surface area contributed by atoms with Crippen molar-refractivity contribution < 1.29 is 27.1 Å². The molecule has 0 atom stereocenters. The largest absolute Gasteiger partial charge is 0.462 e. The van der Waals surface area contributed by atoms with Crippen LogP contribution < -0.4 is 10.9 Å². The highest BCUT2D eigenvalue weighted by Crippen LogP contribution is 2.24. The van der Waals surface area contributed by atoms with Gasteiger partial charge in [0.1, 0.15) is 11.1 Å². The van der Waals surface area contributed by atoms with Crippen molar-refractivity contribution in [1.82, 2.24) is 4.68 Å². The maximum atomic E-state index is 13.9. The molecule has 0 aliphatic carbocycles. The quantitative estimate of drug-likeness (QED) is 0.406. The predicted octanol–water partition coefficient (Wildman–Crippen LogP) is 1.91. The average Bonchev–Trinajstić information content (AvgIpc) is 2.50. The molecule has 0 aliphatic heterocycles. The Morgan fingerprint density at radius 2 is 1.77 bits per heavy atom. The molecule has 9 heteroatoms. The first-order chi connectivity index (χ1) is 10.3. The van der Waals surface area contributed by atoms with E-state index in [9.17, 15) is 27.2 Å². The third-order valence-corrected chi connectivity index (χ3v) is 2.95. The topological polar surface area (TPSA) is 60.3 Å². The van der Waals surface area contributed by atoms with Crippen LogP contribution in [0.4, 0.5) is 17.6 Å². The highest BCUT2D eigenvalue weighted by molar-refractivity contribution is 5.94. The van der Waals surface area contributed by atoms with Gasteiger partial charge in [0.25, 0.3) is 0 Å². The van der Waals surface area contributed by atoms with Crippen molar-refractivity contribution in [1.29, 1.82) is 0 Å². The van der Waals surface area contributed by atoms with Crippen molar-refractivity contribution in [3.63, 3.8) is 0 Å². The maximum absolute atomic E-state index is 13.9. The second-order valence-corrected chi connectivity index (χ2v) is 4.17. The number of pyridine rings is 1. The minimum absolute atomic E-state index is 0.0650. The number of nitrogens with zero attached hydrogens (tertiary/aromatic N) is 1. The van der Waals surface area contributed by atoms with Gasteiger partial charge in [0.15, 0.2) is 23.3 Å².